The molecule has 0 amide bonds. The molecular formula is C15H24N6OS. The van der Waals surface area contributed by atoms with E-state index in [0.717, 1.165) is 49.2 Å². The fraction of sp³-hybridized carbons (Fsp3) is 0.733. The summed E-state index contributed by atoms with van der Waals surface area (Å²) in [4.78, 5) is 13.3. The van der Waals surface area contributed by atoms with E-state index in [1.807, 2.05) is 19.0 Å². The highest BCUT2D eigenvalue weighted by Crippen LogP contribution is 2.31. The zero-order valence-corrected chi connectivity index (χ0v) is 15.0. The van der Waals surface area contributed by atoms with Crippen molar-refractivity contribution in [2.75, 3.05) is 37.0 Å². The van der Waals surface area contributed by atoms with E-state index in [1.165, 1.54) is 11.5 Å². The van der Waals surface area contributed by atoms with Crippen molar-refractivity contribution >= 4 is 22.6 Å². The van der Waals surface area contributed by atoms with Crippen molar-refractivity contribution in [3.8, 4) is 0 Å². The maximum atomic E-state index is 5.41. The van der Waals surface area contributed by atoms with Crippen LogP contribution in [0.2, 0.25) is 0 Å². The Labute approximate surface area is 140 Å². The molecule has 0 N–H and O–H groups in total. The molecule has 0 atom stereocenters. The highest BCUT2D eigenvalue weighted by molar-refractivity contribution is 7.09. The largest absolute Gasteiger partial charge is 0.347 e. The highest BCUT2D eigenvalue weighted by Gasteiger charge is 2.27. The molecule has 1 fully saturated rings. The van der Waals surface area contributed by atoms with E-state index in [4.69, 9.17) is 4.52 Å². The van der Waals surface area contributed by atoms with Crippen molar-refractivity contribution in [3.05, 3.63) is 11.7 Å². The van der Waals surface area contributed by atoms with Gasteiger partial charge >= 0.3 is 0 Å². The third-order valence-electron chi connectivity index (χ3n) is 3.99. The van der Waals surface area contributed by atoms with Gasteiger partial charge in [-0.05, 0) is 23.9 Å². The lowest BCUT2D eigenvalue weighted by molar-refractivity contribution is 0.329. The second-order valence-corrected chi connectivity index (χ2v) is 7.41. The van der Waals surface area contributed by atoms with Gasteiger partial charge in [0.2, 0.25) is 11.0 Å². The number of anilines is 2. The Kier molecular flexibility index (Phi) is 4.79. The Morgan fingerprint density at radius 2 is 2.00 bits per heavy atom. The van der Waals surface area contributed by atoms with Crippen LogP contribution in [0, 0.1) is 5.92 Å². The number of rotatable bonds is 5. The number of piperidine rings is 1. The number of hydrogen-bond acceptors (Lipinski definition) is 8. The van der Waals surface area contributed by atoms with Crippen LogP contribution in [0.4, 0.5) is 11.1 Å². The zero-order chi connectivity index (χ0) is 16.4. The van der Waals surface area contributed by atoms with E-state index in [2.05, 4.69) is 38.2 Å². The van der Waals surface area contributed by atoms with E-state index >= 15 is 0 Å². The average Bonchev–Trinajstić information content (AvgIpc) is 3.16. The number of hydrogen-bond donors (Lipinski definition) is 0. The van der Waals surface area contributed by atoms with Gasteiger partial charge in [0.1, 0.15) is 5.82 Å². The zero-order valence-electron chi connectivity index (χ0n) is 14.2. The molecule has 7 nitrogen and oxygen atoms in total. The smallest absolute Gasteiger partial charge is 0.265 e. The first-order chi connectivity index (χ1) is 11.0. The van der Waals surface area contributed by atoms with Crippen molar-refractivity contribution in [1.82, 2.24) is 19.5 Å². The van der Waals surface area contributed by atoms with Crippen molar-refractivity contribution in [2.24, 2.45) is 5.92 Å². The van der Waals surface area contributed by atoms with Crippen molar-refractivity contribution in [2.45, 2.75) is 39.0 Å². The summed E-state index contributed by atoms with van der Waals surface area (Å²) in [6, 6.07) is 0. The predicted molar refractivity (Wildman–Crippen MR) is 91.3 cm³/mol. The van der Waals surface area contributed by atoms with Gasteiger partial charge in [-0.15, -0.1) is 0 Å². The van der Waals surface area contributed by atoms with Crippen molar-refractivity contribution in [1.29, 1.82) is 0 Å². The van der Waals surface area contributed by atoms with Crippen molar-refractivity contribution < 1.29 is 4.52 Å². The van der Waals surface area contributed by atoms with Crippen LogP contribution in [-0.2, 0) is 6.42 Å². The average molecular weight is 336 g/mol. The molecule has 1 aliphatic rings. The molecule has 0 radical (unpaired) electrons. The summed E-state index contributed by atoms with van der Waals surface area (Å²) >= 11 is 1.51. The molecule has 126 valence electrons. The minimum Gasteiger partial charge on any atom is -0.347 e. The molecule has 0 bridgehead atoms. The summed E-state index contributed by atoms with van der Waals surface area (Å²) in [5.74, 6) is 3.30. The lowest BCUT2D eigenvalue weighted by Crippen LogP contribution is -2.32. The first-order valence-corrected chi connectivity index (χ1v) is 8.88. The molecule has 0 unspecified atom stereocenters. The molecule has 0 aliphatic carbocycles. The van der Waals surface area contributed by atoms with E-state index in [0.29, 0.717) is 17.8 Å². The van der Waals surface area contributed by atoms with Gasteiger partial charge in [0, 0.05) is 51.1 Å². The minimum absolute atomic E-state index is 0.343. The molecule has 8 heteroatoms. The summed E-state index contributed by atoms with van der Waals surface area (Å²) in [7, 11) is 3.84. The fourth-order valence-corrected chi connectivity index (χ4v) is 3.46. The highest BCUT2D eigenvalue weighted by atomic mass is 32.1. The van der Waals surface area contributed by atoms with Crippen LogP contribution in [-0.4, -0.2) is 46.7 Å². The number of nitrogens with zero attached hydrogens (tertiary/aromatic N) is 6. The van der Waals surface area contributed by atoms with Crippen LogP contribution in [0.5, 0.6) is 0 Å². The van der Waals surface area contributed by atoms with Crippen molar-refractivity contribution in [3.63, 3.8) is 0 Å². The van der Waals surface area contributed by atoms with Crippen LogP contribution in [0.25, 0.3) is 0 Å². The Balaban J connectivity index is 1.58. The van der Waals surface area contributed by atoms with Gasteiger partial charge in [-0.2, -0.15) is 9.36 Å². The normalized spacial score (nSPS) is 16.3. The topological polar surface area (TPSA) is 71.2 Å². The SMILES string of the molecule is CC(C)Cc1nsc(N2CCC(c3nc(N(C)C)no3)CC2)n1. The molecule has 2 aromatic heterocycles. The molecule has 1 aliphatic heterocycles. The first kappa shape index (κ1) is 16.2. The molecule has 0 spiro atoms. The Bertz CT molecular complexity index is 629. The molecule has 3 heterocycles. The fourth-order valence-electron chi connectivity index (χ4n) is 2.71. The molecule has 0 saturated carbocycles. The Morgan fingerprint density at radius 3 is 2.61 bits per heavy atom. The molecule has 1 saturated heterocycles. The summed E-state index contributed by atoms with van der Waals surface area (Å²) < 4.78 is 9.88. The third kappa shape index (κ3) is 3.80. The molecular weight excluding hydrogens is 312 g/mol. The molecule has 2 aromatic rings. The second kappa shape index (κ2) is 6.82. The second-order valence-electron chi connectivity index (χ2n) is 6.68. The summed E-state index contributed by atoms with van der Waals surface area (Å²) in [5.41, 5.74) is 0. The summed E-state index contributed by atoms with van der Waals surface area (Å²) in [6.45, 7) is 6.30. The molecule has 3 rings (SSSR count). The van der Waals surface area contributed by atoms with E-state index in [9.17, 15) is 0 Å². The van der Waals surface area contributed by atoms with Crippen LogP contribution in [0.15, 0.2) is 4.52 Å². The van der Waals surface area contributed by atoms with Crippen LogP contribution < -0.4 is 9.80 Å². The maximum absolute atomic E-state index is 5.41. The lowest BCUT2D eigenvalue weighted by Gasteiger charge is -2.29. The van der Waals surface area contributed by atoms with E-state index in [1.54, 1.807) is 0 Å². The molecule has 0 aromatic carbocycles. The summed E-state index contributed by atoms with van der Waals surface area (Å²) in [6.07, 6.45) is 2.96. The quantitative estimate of drug-likeness (QED) is 0.831. The first-order valence-electron chi connectivity index (χ1n) is 8.11. The maximum Gasteiger partial charge on any atom is 0.265 e. The molecule has 23 heavy (non-hydrogen) atoms. The predicted octanol–water partition coefficient (Wildman–Crippen LogP) is 2.57. The Hall–Kier alpha value is -1.70. The third-order valence-corrected chi connectivity index (χ3v) is 4.81. The van der Waals surface area contributed by atoms with E-state index < -0.39 is 0 Å². The van der Waals surface area contributed by atoms with Gasteiger partial charge in [-0.1, -0.05) is 13.8 Å². The van der Waals surface area contributed by atoms with Gasteiger partial charge < -0.3 is 14.3 Å². The van der Waals surface area contributed by atoms with E-state index in [-0.39, 0.29) is 0 Å². The van der Waals surface area contributed by atoms with Gasteiger partial charge in [0.05, 0.1) is 0 Å². The minimum atomic E-state index is 0.343. The monoisotopic (exact) mass is 336 g/mol. The standard InChI is InChI=1S/C15H24N6OS/c1-10(2)9-12-16-15(23-19-12)21-7-5-11(6-8-21)13-17-14(18-22-13)20(3)4/h10-11H,5-9H2,1-4H3. The summed E-state index contributed by atoms with van der Waals surface area (Å²) in [5, 5.41) is 5.05. The van der Waals surface area contributed by atoms with Gasteiger partial charge in [-0.3, -0.25) is 0 Å². The Morgan fingerprint density at radius 1 is 1.26 bits per heavy atom. The lowest BCUT2D eigenvalue weighted by atomic mass is 9.97. The van der Waals surface area contributed by atoms with Crippen LogP contribution in [0.3, 0.4) is 0 Å². The van der Waals surface area contributed by atoms with Gasteiger partial charge in [0.15, 0.2) is 0 Å². The van der Waals surface area contributed by atoms with Crippen LogP contribution >= 0.6 is 11.5 Å². The van der Waals surface area contributed by atoms with Crippen LogP contribution in [0.1, 0.15) is 44.3 Å². The van der Waals surface area contributed by atoms with Gasteiger partial charge in [-0.25, -0.2) is 4.98 Å². The number of aromatic nitrogens is 4. The van der Waals surface area contributed by atoms with Gasteiger partial charge in [0.25, 0.3) is 5.95 Å².